The molecule has 0 fully saturated rings. The normalized spacial score (nSPS) is 13.0. The molecular formula is C10H12F2O. The van der Waals surface area contributed by atoms with Gasteiger partial charge >= 0.3 is 0 Å². The fourth-order valence-electron chi connectivity index (χ4n) is 1.14. The van der Waals surface area contributed by atoms with Crippen molar-refractivity contribution in [2.75, 3.05) is 0 Å². The molecular weight excluding hydrogens is 174 g/mol. The Balaban J connectivity index is 3.15. The van der Waals surface area contributed by atoms with Crippen molar-refractivity contribution in [3.05, 3.63) is 34.9 Å². The summed E-state index contributed by atoms with van der Waals surface area (Å²) in [5.74, 6) is -1.03. The largest absolute Gasteiger partial charge is 0.388 e. The third kappa shape index (κ3) is 2.04. The predicted octanol–water partition coefficient (Wildman–Crippen LogP) is 2.72. The van der Waals surface area contributed by atoms with E-state index in [-0.39, 0.29) is 11.1 Å². The Morgan fingerprint density at radius 2 is 1.92 bits per heavy atom. The van der Waals surface area contributed by atoms with Crippen molar-refractivity contribution in [1.82, 2.24) is 0 Å². The summed E-state index contributed by atoms with van der Waals surface area (Å²) >= 11 is 0. The molecule has 0 saturated carbocycles. The number of halogens is 2. The summed E-state index contributed by atoms with van der Waals surface area (Å²) in [6, 6.07) is 2.16. The molecule has 0 saturated heterocycles. The van der Waals surface area contributed by atoms with Gasteiger partial charge in [-0.15, -0.1) is 0 Å². The van der Waals surface area contributed by atoms with E-state index in [1.54, 1.807) is 6.92 Å². The van der Waals surface area contributed by atoms with E-state index >= 15 is 0 Å². The first-order valence-electron chi connectivity index (χ1n) is 4.19. The molecule has 0 aliphatic heterocycles. The molecule has 1 atom stereocenters. The summed E-state index contributed by atoms with van der Waals surface area (Å²) in [7, 11) is 0. The quantitative estimate of drug-likeness (QED) is 0.752. The van der Waals surface area contributed by atoms with Gasteiger partial charge in [0.05, 0.1) is 6.10 Å². The first-order chi connectivity index (χ1) is 6.06. The Morgan fingerprint density at radius 1 is 1.31 bits per heavy atom. The molecule has 13 heavy (non-hydrogen) atoms. The van der Waals surface area contributed by atoms with Crippen LogP contribution in [0.5, 0.6) is 0 Å². The number of aryl methyl sites for hydroxylation is 1. The molecule has 0 spiro atoms. The van der Waals surface area contributed by atoms with E-state index in [1.807, 2.05) is 0 Å². The molecule has 0 aliphatic carbocycles. The van der Waals surface area contributed by atoms with Gasteiger partial charge in [0.1, 0.15) is 11.6 Å². The van der Waals surface area contributed by atoms with Gasteiger partial charge in [-0.05, 0) is 31.0 Å². The minimum atomic E-state index is -0.921. The van der Waals surface area contributed by atoms with Crippen LogP contribution < -0.4 is 0 Å². The summed E-state index contributed by atoms with van der Waals surface area (Å²) < 4.78 is 26.1. The minimum Gasteiger partial charge on any atom is -0.388 e. The van der Waals surface area contributed by atoms with Crippen molar-refractivity contribution < 1.29 is 13.9 Å². The van der Waals surface area contributed by atoms with Crippen LogP contribution in [-0.2, 0) is 0 Å². The number of hydrogen-bond donors (Lipinski definition) is 1. The van der Waals surface area contributed by atoms with Crippen LogP contribution in [0.15, 0.2) is 12.1 Å². The molecule has 0 radical (unpaired) electrons. The summed E-state index contributed by atoms with van der Waals surface area (Å²) in [5, 5.41) is 9.32. The average molecular weight is 186 g/mol. The lowest BCUT2D eigenvalue weighted by Crippen LogP contribution is -2.01. The number of aliphatic hydroxyl groups excluding tert-OH is 1. The fourth-order valence-corrected chi connectivity index (χ4v) is 1.14. The number of rotatable bonds is 2. The highest BCUT2D eigenvalue weighted by Crippen LogP contribution is 2.22. The number of hydrogen-bond acceptors (Lipinski definition) is 1. The lowest BCUT2D eigenvalue weighted by atomic mass is 10.0. The minimum absolute atomic E-state index is 0.0330. The summed E-state index contributed by atoms with van der Waals surface area (Å²) in [5.41, 5.74) is 0.287. The SMILES string of the molecule is CCC(O)c1cc(F)c(C)cc1F. The third-order valence-electron chi connectivity index (χ3n) is 2.02. The molecule has 0 aromatic heterocycles. The monoisotopic (exact) mass is 186 g/mol. The maximum absolute atomic E-state index is 13.1. The van der Waals surface area contributed by atoms with Gasteiger partial charge in [0.15, 0.2) is 0 Å². The van der Waals surface area contributed by atoms with Crippen LogP contribution >= 0.6 is 0 Å². The highest BCUT2D eigenvalue weighted by molar-refractivity contribution is 5.26. The Labute approximate surface area is 76.0 Å². The van der Waals surface area contributed by atoms with Gasteiger partial charge in [-0.2, -0.15) is 0 Å². The van der Waals surface area contributed by atoms with Crippen LogP contribution in [0, 0.1) is 18.6 Å². The molecule has 1 nitrogen and oxygen atoms in total. The third-order valence-corrected chi connectivity index (χ3v) is 2.02. The lowest BCUT2D eigenvalue weighted by Gasteiger charge is -2.10. The second-order valence-electron chi connectivity index (χ2n) is 3.05. The van der Waals surface area contributed by atoms with Crippen LogP contribution in [-0.4, -0.2) is 5.11 Å². The Bertz CT molecular complexity index is 310. The molecule has 0 amide bonds. The molecule has 1 unspecified atom stereocenters. The van der Waals surface area contributed by atoms with Gasteiger partial charge in [0.25, 0.3) is 0 Å². The van der Waals surface area contributed by atoms with Crippen molar-refractivity contribution in [2.24, 2.45) is 0 Å². The van der Waals surface area contributed by atoms with E-state index in [2.05, 4.69) is 0 Å². The molecule has 1 aromatic carbocycles. The van der Waals surface area contributed by atoms with Crippen LogP contribution in [0.4, 0.5) is 8.78 Å². The van der Waals surface area contributed by atoms with E-state index in [0.717, 1.165) is 12.1 Å². The van der Waals surface area contributed by atoms with Gasteiger partial charge < -0.3 is 5.11 Å². The average Bonchev–Trinajstić information content (AvgIpc) is 2.10. The van der Waals surface area contributed by atoms with E-state index in [4.69, 9.17) is 0 Å². The van der Waals surface area contributed by atoms with Crippen molar-refractivity contribution in [1.29, 1.82) is 0 Å². The zero-order valence-corrected chi connectivity index (χ0v) is 7.64. The maximum Gasteiger partial charge on any atom is 0.129 e. The summed E-state index contributed by atoms with van der Waals surface area (Å²) in [6.45, 7) is 3.20. The van der Waals surface area contributed by atoms with E-state index in [9.17, 15) is 13.9 Å². The van der Waals surface area contributed by atoms with Crippen LogP contribution in [0.3, 0.4) is 0 Å². The number of benzene rings is 1. The van der Waals surface area contributed by atoms with Crippen LogP contribution in [0.1, 0.15) is 30.6 Å². The lowest BCUT2D eigenvalue weighted by molar-refractivity contribution is 0.168. The Kier molecular flexibility index (Phi) is 2.98. The first kappa shape index (κ1) is 10.1. The zero-order chi connectivity index (χ0) is 10.0. The highest BCUT2D eigenvalue weighted by atomic mass is 19.1. The van der Waals surface area contributed by atoms with Gasteiger partial charge in [-0.25, -0.2) is 8.78 Å². The van der Waals surface area contributed by atoms with E-state index < -0.39 is 17.7 Å². The highest BCUT2D eigenvalue weighted by Gasteiger charge is 2.13. The van der Waals surface area contributed by atoms with Crippen molar-refractivity contribution in [3.8, 4) is 0 Å². The van der Waals surface area contributed by atoms with Gasteiger partial charge in [-0.1, -0.05) is 6.92 Å². The summed E-state index contributed by atoms with van der Waals surface area (Å²) in [4.78, 5) is 0. The Hall–Kier alpha value is -0.960. The van der Waals surface area contributed by atoms with Crippen LogP contribution in [0.2, 0.25) is 0 Å². The van der Waals surface area contributed by atoms with Crippen molar-refractivity contribution >= 4 is 0 Å². The maximum atomic E-state index is 13.1. The topological polar surface area (TPSA) is 20.2 Å². The smallest absolute Gasteiger partial charge is 0.129 e. The molecule has 1 aromatic rings. The molecule has 1 rings (SSSR count). The standard InChI is InChI=1S/C10H12F2O/c1-3-10(13)7-5-8(11)6(2)4-9(7)12/h4-5,10,13H,3H2,1-2H3. The van der Waals surface area contributed by atoms with Crippen molar-refractivity contribution in [3.63, 3.8) is 0 Å². The molecule has 1 N–H and O–H groups in total. The van der Waals surface area contributed by atoms with Crippen LogP contribution in [0.25, 0.3) is 0 Å². The molecule has 72 valence electrons. The van der Waals surface area contributed by atoms with Crippen molar-refractivity contribution in [2.45, 2.75) is 26.4 Å². The second-order valence-corrected chi connectivity index (χ2v) is 3.05. The number of aliphatic hydroxyl groups is 1. The molecule has 3 heteroatoms. The first-order valence-corrected chi connectivity index (χ1v) is 4.19. The second kappa shape index (κ2) is 3.83. The van der Waals surface area contributed by atoms with Gasteiger partial charge in [-0.3, -0.25) is 0 Å². The summed E-state index contributed by atoms with van der Waals surface area (Å²) in [6.07, 6.45) is -0.547. The van der Waals surface area contributed by atoms with Gasteiger partial charge in [0.2, 0.25) is 0 Å². The Morgan fingerprint density at radius 3 is 2.46 bits per heavy atom. The molecule has 0 aliphatic rings. The molecule has 0 bridgehead atoms. The van der Waals surface area contributed by atoms with E-state index in [1.165, 1.54) is 6.92 Å². The fraction of sp³-hybridized carbons (Fsp3) is 0.400. The van der Waals surface area contributed by atoms with E-state index in [0.29, 0.717) is 6.42 Å². The predicted molar refractivity (Wildman–Crippen MR) is 46.3 cm³/mol. The zero-order valence-electron chi connectivity index (χ0n) is 7.64. The molecule has 0 heterocycles. The van der Waals surface area contributed by atoms with Gasteiger partial charge in [0, 0.05) is 5.56 Å².